The lowest BCUT2D eigenvalue weighted by molar-refractivity contribution is 0.454. The number of para-hydroxylation sites is 1. The molecule has 0 aliphatic heterocycles. The van der Waals surface area contributed by atoms with Crippen LogP contribution in [-0.4, -0.2) is 19.1 Å². The third-order valence-corrected chi connectivity index (χ3v) is 3.24. The summed E-state index contributed by atoms with van der Waals surface area (Å²) in [6.07, 6.45) is 1.87. The minimum Gasteiger partial charge on any atom is -0.464 e. The summed E-state index contributed by atoms with van der Waals surface area (Å²) in [6, 6.07) is 8.34. The smallest absolute Gasteiger partial charge is 0.134 e. The minimum atomic E-state index is 0.0293. The Morgan fingerprint density at radius 3 is 2.78 bits per heavy atom. The zero-order valence-corrected chi connectivity index (χ0v) is 11.4. The van der Waals surface area contributed by atoms with Crippen molar-refractivity contribution in [1.29, 1.82) is 0 Å². The number of nitrogens with two attached hydrogens (primary N) is 1. The summed E-state index contributed by atoms with van der Waals surface area (Å²) in [7, 11) is 0. The summed E-state index contributed by atoms with van der Waals surface area (Å²) >= 11 is 0. The molecular formula is C15H22N2O. The Morgan fingerprint density at radius 1 is 1.33 bits per heavy atom. The van der Waals surface area contributed by atoms with E-state index < -0.39 is 0 Å². The van der Waals surface area contributed by atoms with E-state index in [-0.39, 0.29) is 11.5 Å². The van der Waals surface area contributed by atoms with E-state index in [1.54, 1.807) is 0 Å². The van der Waals surface area contributed by atoms with E-state index >= 15 is 0 Å². The van der Waals surface area contributed by atoms with Crippen molar-refractivity contribution in [2.75, 3.05) is 13.1 Å². The quantitative estimate of drug-likeness (QED) is 0.852. The van der Waals surface area contributed by atoms with Crippen molar-refractivity contribution >= 4 is 11.0 Å². The normalized spacial score (nSPS) is 14.0. The molecule has 0 bridgehead atoms. The Bertz CT molecular complexity index is 514. The Labute approximate surface area is 108 Å². The summed E-state index contributed by atoms with van der Waals surface area (Å²) in [6.45, 7) is 8.17. The predicted molar refractivity (Wildman–Crippen MR) is 75.8 cm³/mol. The molecule has 98 valence electrons. The molecule has 1 unspecified atom stereocenters. The molecular weight excluding hydrogens is 224 g/mol. The maximum absolute atomic E-state index is 5.75. The standard InChI is InChI=1S/C15H22N2O/c1-11(16)8-17-10-15(2,3)13-9-18-14-7-5-4-6-12(13)14/h4-7,9,11,17H,8,10,16H2,1-3H3. The molecule has 3 nitrogen and oxygen atoms in total. The monoisotopic (exact) mass is 246 g/mol. The van der Waals surface area contributed by atoms with Gasteiger partial charge in [-0.1, -0.05) is 32.0 Å². The van der Waals surface area contributed by atoms with E-state index in [0.717, 1.165) is 18.7 Å². The lowest BCUT2D eigenvalue weighted by Crippen LogP contribution is -2.38. The van der Waals surface area contributed by atoms with E-state index in [0.29, 0.717) is 0 Å². The SMILES string of the molecule is CC(N)CNCC(C)(C)c1coc2ccccc12. The van der Waals surface area contributed by atoms with E-state index in [1.807, 2.05) is 31.4 Å². The third kappa shape index (κ3) is 2.74. The van der Waals surface area contributed by atoms with Crippen molar-refractivity contribution in [1.82, 2.24) is 5.32 Å². The lowest BCUT2D eigenvalue weighted by Gasteiger charge is -2.25. The molecule has 1 aromatic heterocycles. The molecule has 3 heteroatoms. The molecule has 0 amide bonds. The van der Waals surface area contributed by atoms with Gasteiger partial charge in [-0.2, -0.15) is 0 Å². The average Bonchev–Trinajstić information content (AvgIpc) is 2.72. The van der Waals surface area contributed by atoms with Gasteiger partial charge in [0, 0.05) is 35.5 Å². The first-order valence-corrected chi connectivity index (χ1v) is 6.44. The topological polar surface area (TPSA) is 51.2 Å². The highest BCUT2D eigenvalue weighted by Gasteiger charge is 2.24. The average molecular weight is 246 g/mol. The molecule has 0 saturated carbocycles. The van der Waals surface area contributed by atoms with Gasteiger partial charge in [0.05, 0.1) is 6.26 Å². The van der Waals surface area contributed by atoms with Crippen LogP contribution >= 0.6 is 0 Å². The maximum Gasteiger partial charge on any atom is 0.134 e. The molecule has 2 rings (SSSR count). The second-order valence-corrected chi connectivity index (χ2v) is 5.64. The number of hydrogen-bond acceptors (Lipinski definition) is 3. The van der Waals surface area contributed by atoms with Crippen molar-refractivity contribution in [3.63, 3.8) is 0 Å². The van der Waals surface area contributed by atoms with Crippen LogP contribution in [0.3, 0.4) is 0 Å². The van der Waals surface area contributed by atoms with Crippen LogP contribution in [0.15, 0.2) is 34.9 Å². The fraction of sp³-hybridized carbons (Fsp3) is 0.467. The van der Waals surface area contributed by atoms with Crippen LogP contribution in [0, 0.1) is 0 Å². The Hall–Kier alpha value is -1.32. The van der Waals surface area contributed by atoms with Gasteiger partial charge in [-0.25, -0.2) is 0 Å². The number of hydrogen-bond donors (Lipinski definition) is 2. The maximum atomic E-state index is 5.75. The van der Waals surface area contributed by atoms with Gasteiger partial charge in [-0.05, 0) is 13.0 Å². The molecule has 1 aromatic carbocycles. The van der Waals surface area contributed by atoms with Crippen molar-refractivity contribution < 1.29 is 4.42 Å². The van der Waals surface area contributed by atoms with Crippen molar-refractivity contribution in [2.45, 2.75) is 32.2 Å². The zero-order chi connectivity index (χ0) is 13.2. The van der Waals surface area contributed by atoms with Gasteiger partial charge in [0.1, 0.15) is 5.58 Å². The number of furan rings is 1. The Morgan fingerprint density at radius 2 is 2.06 bits per heavy atom. The molecule has 0 spiro atoms. The highest BCUT2D eigenvalue weighted by Crippen LogP contribution is 2.31. The molecule has 0 saturated heterocycles. The summed E-state index contributed by atoms with van der Waals surface area (Å²) in [5.74, 6) is 0. The molecule has 3 N–H and O–H groups in total. The van der Waals surface area contributed by atoms with Crippen LogP contribution in [0.5, 0.6) is 0 Å². The summed E-state index contributed by atoms with van der Waals surface area (Å²) < 4.78 is 5.61. The van der Waals surface area contributed by atoms with Crippen molar-refractivity contribution in [3.8, 4) is 0 Å². The van der Waals surface area contributed by atoms with E-state index in [1.165, 1.54) is 10.9 Å². The molecule has 0 fully saturated rings. The van der Waals surface area contributed by atoms with Crippen LogP contribution in [0.2, 0.25) is 0 Å². The van der Waals surface area contributed by atoms with Crippen LogP contribution in [0.4, 0.5) is 0 Å². The van der Waals surface area contributed by atoms with E-state index in [4.69, 9.17) is 10.2 Å². The van der Waals surface area contributed by atoms with Crippen LogP contribution in [0.1, 0.15) is 26.3 Å². The van der Waals surface area contributed by atoms with Gasteiger partial charge in [0.15, 0.2) is 0 Å². The minimum absolute atomic E-state index is 0.0293. The van der Waals surface area contributed by atoms with E-state index in [9.17, 15) is 0 Å². The highest BCUT2D eigenvalue weighted by atomic mass is 16.3. The Kier molecular flexibility index (Phi) is 3.73. The van der Waals surface area contributed by atoms with Gasteiger partial charge >= 0.3 is 0 Å². The largest absolute Gasteiger partial charge is 0.464 e. The fourth-order valence-corrected chi connectivity index (χ4v) is 2.21. The van der Waals surface area contributed by atoms with Gasteiger partial charge in [0.2, 0.25) is 0 Å². The number of fused-ring (bicyclic) bond motifs is 1. The molecule has 1 heterocycles. The molecule has 2 aromatic rings. The number of rotatable bonds is 5. The van der Waals surface area contributed by atoms with E-state index in [2.05, 4.69) is 25.2 Å². The predicted octanol–water partition coefficient (Wildman–Crippen LogP) is 2.65. The second kappa shape index (κ2) is 5.12. The van der Waals surface area contributed by atoms with Gasteiger partial charge in [0.25, 0.3) is 0 Å². The first-order valence-electron chi connectivity index (χ1n) is 6.44. The summed E-state index contributed by atoms with van der Waals surface area (Å²) in [4.78, 5) is 0. The number of nitrogens with one attached hydrogen (secondary N) is 1. The van der Waals surface area contributed by atoms with Gasteiger partial charge in [-0.15, -0.1) is 0 Å². The second-order valence-electron chi connectivity index (χ2n) is 5.64. The van der Waals surface area contributed by atoms with Crippen LogP contribution in [-0.2, 0) is 5.41 Å². The molecule has 1 atom stereocenters. The summed E-state index contributed by atoms with van der Waals surface area (Å²) in [5, 5.41) is 4.61. The lowest BCUT2D eigenvalue weighted by atomic mass is 9.84. The molecule has 0 radical (unpaired) electrons. The zero-order valence-electron chi connectivity index (χ0n) is 11.4. The Balaban J connectivity index is 2.18. The van der Waals surface area contributed by atoms with Crippen LogP contribution < -0.4 is 11.1 Å². The highest BCUT2D eigenvalue weighted by molar-refractivity contribution is 5.82. The molecule has 0 aliphatic rings. The molecule has 18 heavy (non-hydrogen) atoms. The van der Waals surface area contributed by atoms with Crippen molar-refractivity contribution in [2.24, 2.45) is 5.73 Å². The first-order chi connectivity index (χ1) is 8.50. The summed E-state index contributed by atoms with van der Waals surface area (Å²) in [5.41, 5.74) is 7.98. The molecule has 0 aliphatic carbocycles. The van der Waals surface area contributed by atoms with Gasteiger partial charge < -0.3 is 15.5 Å². The van der Waals surface area contributed by atoms with Crippen molar-refractivity contribution in [3.05, 3.63) is 36.1 Å². The van der Waals surface area contributed by atoms with Crippen LogP contribution in [0.25, 0.3) is 11.0 Å². The fourth-order valence-electron chi connectivity index (χ4n) is 2.21. The van der Waals surface area contributed by atoms with Gasteiger partial charge in [-0.3, -0.25) is 0 Å². The number of benzene rings is 1. The first kappa shape index (κ1) is 13.1. The third-order valence-electron chi connectivity index (χ3n) is 3.24.